The predicted molar refractivity (Wildman–Crippen MR) is 109 cm³/mol. The number of benzene rings is 3. The molecule has 4 heteroatoms. The van der Waals surface area contributed by atoms with Gasteiger partial charge >= 0.3 is 0 Å². The summed E-state index contributed by atoms with van der Waals surface area (Å²) in [6.07, 6.45) is 0.904. The number of hydrogen-bond acceptors (Lipinski definition) is 1. The van der Waals surface area contributed by atoms with E-state index in [0.717, 1.165) is 28.4 Å². The Morgan fingerprint density at radius 2 is 1.32 bits per heavy atom. The van der Waals surface area contributed by atoms with Gasteiger partial charge in [-0.05, 0) is 53.4 Å². The van der Waals surface area contributed by atoms with E-state index in [1.807, 2.05) is 54.6 Å². The molecule has 0 radical (unpaired) electrons. The molecule has 0 fully saturated rings. The highest BCUT2D eigenvalue weighted by atomic mass is 79.9. The number of aryl methyl sites for hydroxylation is 1. The van der Waals surface area contributed by atoms with Crippen molar-refractivity contribution in [2.24, 2.45) is 0 Å². The van der Waals surface area contributed by atoms with Crippen LogP contribution in [0.5, 0.6) is 5.75 Å². The Balaban J connectivity index is 2.15. The fourth-order valence-electron chi connectivity index (χ4n) is 2.96. The Kier molecular flexibility index (Phi) is 6.06. The van der Waals surface area contributed by atoms with Gasteiger partial charge in [-0.15, -0.1) is 0 Å². The molecule has 3 aromatic carbocycles. The first kappa shape index (κ1) is 18.3. The molecule has 0 aliphatic heterocycles. The molecule has 0 heterocycles. The van der Waals surface area contributed by atoms with Crippen LogP contribution in [0.3, 0.4) is 0 Å². The lowest BCUT2D eigenvalue weighted by Gasteiger charge is -2.21. The first-order valence-corrected chi connectivity index (χ1v) is 9.85. The lowest BCUT2D eigenvalue weighted by atomic mass is 9.84. The molecule has 0 aromatic heterocycles. The molecule has 1 N–H and O–H groups in total. The van der Waals surface area contributed by atoms with Crippen LogP contribution < -0.4 is 0 Å². The quantitative estimate of drug-likeness (QED) is 0.344. The minimum Gasteiger partial charge on any atom is -0.508 e. The van der Waals surface area contributed by atoms with E-state index in [9.17, 15) is 5.11 Å². The van der Waals surface area contributed by atoms with Crippen molar-refractivity contribution in [3.63, 3.8) is 0 Å². The molecule has 128 valence electrons. The second-order valence-corrected chi connectivity index (χ2v) is 7.53. The predicted octanol–water partition coefficient (Wildman–Crippen LogP) is 6.82. The smallest absolute Gasteiger partial charge is 0.119 e. The van der Waals surface area contributed by atoms with E-state index in [1.54, 1.807) is 6.07 Å². The molecule has 0 spiro atoms. The van der Waals surface area contributed by atoms with Crippen LogP contribution in [0.4, 0.5) is 0 Å². The standard InChI is InChI=1S/C21H17BrCl2O/c22-12-11-14-1-10-20(25)19(13-14)21(15-2-6-17(23)7-3-15)16-4-8-18(24)9-5-16/h1-10,13,21,25H,11-12H2. The number of halogens is 3. The lowest BCUT2D eigenvalue weighted by molar-refractivity contribution is 0.467. The van der Waals surface area contributed by atoms with Crippen LogP contribution in [0.15, 0.2) is 66.7 Å². The summed E-state index contributed by atoms with van der Waals surface area (Å²) in [4.78, 5) is 0. The second kappa shape index (κ2) is 8.27. The van der Waals surface area contributed by atoms with Gasteiger partial charge < -0.3 is 5.11 Å². The zero-order valence-electron chi connectivity index (χ0n) is 13.4. The molecule has 0 saturated carbocycles. The number of phenols is 1. The summed E-state index contributed by atoms with van der Waals surface area (Å²) in [5, 5.41) is 12.8. The van der Waals surface area contributed by atoms with Crippen molar-refractivity contribution in [2.75, 3.05) is 5.33 Å². The minimum absolute atomic E-state index is 0.0928. The molecule has 25 heavy (non-hydrogen) atoms. The Morgan fingerprint density at radius 1 is 0.800 bits per heavy atom. The molecular formula is C21H17BrCl2O. The van der Waals surface area contributed by atoms with Gasteiger partial charge in [0.25, 0.3) is 0 Å². The molecule has 0 saturated heterocycles. The van der Waals surface area contributed by atoms with Gasteiger partial charge in [-0.1, -0.05) is 75.5 Å². The Morgan fingerprint density at radius 3 is 1.80 bits per heavy atom. The maximum atomic E-state index is 10.5. The van der Waals surface area contributed by atoms with Crippen molar-refractivity contribution in [3.8, 4) is 5.75 Å². The third-order valence-electron chi connectivity index (χ3n) is 4.19. The van der Waals surface area contributed by atoms with Gasteiger partial charge in [0.15, 0.2) is 0 Å². The molecule has 0 aliphatic carbocycles. The van der Waals surface area contributed by atoms with Crippen LogP contribution in [-0.4, -0.2) is 10.4 Å². The Hall–Kier alpha value is -1.48. The highest BCUT2D eigenvalue weighted by Crippen LogP contribution is 2.38. The van der Waals surface area contributed by atoms with Gasteiger partial charge in [0.2, 0.25) is 0 Å². The summed E-state index contributed by atoms with van der Waals surface area (Å²) < 4.78 is 0. The molecule has 1 nitrogen and oxygen atoms in total. The molecule has 0 amide bonds. The topological polar surface area (TPSA) is 20.2 Å². The molecule has 3 rings (SSSR count). The number of alkyl halides is 1. The SMILES string of the molecule is Oc1ccc(CCBr)cc1C(c1ccc(Cl)cc1)c1ccc(Cl)cc1. The maximum Gasteiger partial charge on any atom is 0.119 e. The van der Waals surface area contributed by atoms with E-state index in [0.29, 0.717) is 10.0 Å². The molecule has 0 unspecified atom stereocenters. The largest absolute Gasteiger partial charge is 0.508 e. The van der Waals surface area contributed by atoms with Crippen molar-refractivity contribution < 1.29 is 5.11 Å². The van der Waals surface area contributed by atoms with E-state index in [2.05, 4.69) is 22.0 Å². The average Bonchev–Trinajstić information content (AvgIpc) is 2.61. The van der Waals surface area contributed by atoms with E-state index >= 15 is 0 Å². The van der Waals surface area contributed by atoms with Crippen LogP contribution >= 0.6 is 39.1 Å². The van der Waals surface area contributed by atoms with E-state index in [4.69, 9.17) is 23.2 Å². The first-order chi connectivity index (χ1) is 12.1. The monoisotopic (exact) mass is 434 g/mol. The summed E-state index contributed by atoms with van der Waals surface area (Å²) in [5.41, 5.74) is 4.19. The number of hydrogen-bond donors (Lipinski definition) is 1. The molecule has 0 aliphatic rings. The lowest BCUT2D eigenvalue weighted by Crippen LogP contribution is -2.05. The first-order valence-electron chi connectivity index (χ1n) is 7.97. The summed E-state index contributed by atoms with van der Waals surface area (Å²) in [7, 11) is 0. The zero-order chi connectivity index (χ0) is 17.8. The average molecular weight is 436 g/mol. The normalized spacial score (nSPS) is 11.0. The van der Waals surface area contributed by atoms with E-state index in [1.165, 1.54) is 5.56 Å². The Labute approximate surface area is 166 Å². The van der Waals surface area contributed by atoms with Gasteiger partial charge in [-0.25, -0.2) is 0 Å². The van der Waals surface area contributed by atoms with Crippen molar-refractivity contribution in [1.82, 2.24) is 0 Å². The summed E-state index contributed by atoms with van der Waals surface area (Å²) in [5.74, 6) is 0.193. The van der Waals surface area contributed by atoms with Crippen LogP contribution in [0.1, 0.15) is 28.2 Å². The van der Waals surface area contributed by atoms with Crippen molar-refractivity contribution >= 4 is 39.1 Å². The third-order valence-corrected chi connectivity index (χ3v) is 5.09. The second-order valence-electron chi connectivity index (χ2n) is 5.87. The van der Waals surface area contributed by atoms with Gasteiger partial charge in [0, 0.05) is 26.9 Å². The highest BCUT2D eigenvalue weighted by Gasteiger charge is 2.20. The summed E-state index contributed by atoms with van der Waals surface area (Å²) >= 11 is 15.6. The number of phenolic OH excluding ortho intramolecular Hbond substituents is 1. The Bertz CT molecular complexity index is 799. The summed E-state index contributed by atoms with van der Waals surface area (Å²) in [6.45, 7) is 0. The van der Waals surface area contributed by atoms with Crippen LogP contribution in [0.2, 0.25) is 10.0 Å². The maximum absolute atomic E-state index is 10.5. The van der Waals surface area contributed by atoms with Crippen LogP contribution in [0.25, 0.3) is 0 Å². The van der Waals surface area contributed by atoms with Crippen molar-refractivity contribution in [3.05, 3.63) is 99.0 Å². The van der Waals surface area contributed by atoms with Crippen molar-refractivity contribution in [1.29, 1.82) is 0 Å². The minimum atomic E-state index is -0.0928. The van der Waals surface area contributed by atoms with Crippen molar-refractivity contribution in [2.45, 2.75) is 12.3 Å². The third kappa shape index (κ3) is 4.38. The highest BCUT2D eigenvalue weighted by molar-refractivity contribution is 9.09. The van der Waals surface area contributed by atoms with Crippen LogP contribution in [0, 0.1) is 0 Å². The van der Waals surface area contributed by atoms with Gasteiger partial charge in [0.05, 0.1) is 0 Å². The fraction of sp³-hybridized carbons (Fsp3) is 0.143. The zero-order valence-corrected chi connectivity index (χ0v) is 16.5. The molecule has 0 atom stereocenters. The van der Waals surface area contributed by atoms with Crippen LogP contribution in [-0.2, 0) is 6.42 Å². The van der Waals surface area contributed by atoms with E-state index in [-0.39, 0.29) is 11.7 Å². The number of aromatic hydroxyl groups is 1. The molecular weight excluding hydrogens is 419 g/mol. The van der Waals surface area contributed by atoms with E-state index < -0.39 is 0 Å². The fourth-order valence-corrected chi connectivity index (χ4v) is 3.67. The number of rotatable bonds is 5. The van der Waals surface area contributed by atoms with Gasteiger partial charge in [0.1, 0.15) is 5.75 Å². The molecule has 3 aromatic rings. The summed E-state index contributed by atoms with van der Waals surface area (Å²) in [6, 6.07) is 21.3. The van der Waals surface area contributed by atoms with Gasteiger partial charge in [-0.3, -0.25) is 0 Å². The molecule has 0 bridgehead atoms. The van der Waals surface area contributed by atoms with Gasteiger partial charge in [-0.2, -0.15) is 0 Å².